The predicted molar refractivity (Wildman–Crippen MR) is 50.3 cm³/mol. The second-order valence-corrected chi connectivity index (χ2v) is 6.02. The van der Waals surface area contributed by atoms with Crippen LogP contribution in [0.3, 0.4) is 0 Å². The van der Waals surface area contributed by atoms with Gasteiger partial charge in [-0.1, -0.05) is 0 Å². The first-order chi connectivity index (χ1) is 6.37. The van der Waals surface area contributed by atoms with Crippen LogP contribution in [0.25, 0.3) is 0 Å². The van der Waals surface area contributed by atoms with Crippen LogP contribution in [0.15, 0.2) is 0 Å². The van der Waals surface area contributed by atoms with Crippen LogP contribution in [0, 0.1) is 5.92 Å². The van der Waals surface area contributed by atoms with E-state index in [2.05, 4.69) is 5.32 Å². The van der Waals surface area contributed by atoms with Gasteiger partial charge in [0.1, 0.15) is 9.84 Å². The molecule has 0 aromatic carbocycles. The van der Waals surface area contributed by atoms with Gasteiger partial charge in [-0.25, -0.2) is 17.2 Å². The van der Waals surface area contributed by atoms with Gasteiger partial charge in [-0.15, -0.1) is 0 Å². The van der Waals surface area contributed by atoms with Gasteiger partial charge in [0.15, 0.2) is 0 Å². The number of rotatable bonds is 3. The Morgan fingerprint density at radius 3 is 2.29 bits per heavy atom. The Kier molecular flexibility index (Phi) is 3.47. The molecule has 0 aromatic heterocycles. The molecule has 0 amide bonds. The van der Waals surface area contributed by atoms with E-state index < -0.39 is 21.7 Å². The predicted octanol–water partition coefficient (Wildman–Crippen LogP) is 0.666. The molecule has 0 saturated carbocycles. The monoisotopic (exact) mass is 227 g/mol. The van der Waals surface area contributed by atoms with E-state index in [0.717, 1.165) is 0 Å². The molecule has 1 fully saturated rings. The van der Waals surface area contributed by atoms with Gasteiger partial charge in [-0.3, -0.25) is 0 Å². The molecule has 1 N–H and O–H groups in total. The largest absolute Gasteiger partial charge is 0.314 e. The molecule has 84 valence electrons. The van der Waals surface area contributed by atoms with E-state index in [9.17, 15) is 17.2 Å². The van der Waals surface area contributed by atoms with E-state index in [1.807, 2.05) is 0 Å². The molecule has 0 unspecified atom stereocenters. The molecule has 1 heterocycles. The van der Waals surface area contributed by atoms with Crippen LogP contribution in [0.2, 0.25) is 0 Å². The van der Waals surface area contributed by atoms with Crippen LogP contribution in [0.1, 0.15) is 12.8 Å². The normalized spacial score (nSPS) is 23.6. The molecular formula is C8H15F2NO2S. The first kappa shape index (κ1) is 11.8. The molecule has 6 heteroatoms. The van der Waals surface area contributed by atoms with Gasteiger partial charge in [-0.2, -0.15) is 0 Å². The van der Waals surface area contributed by atoms with Crippen LogP contribution in [0.4, 0.5) is 8.78 Å². The summed E-state index contributed by atoms with van der Waals surface area (Å²) in [5, 5.41) is 2.43. The van der Waals surface area contributed by atoms with E-state index in [4.69, 9.17) is 0 Å². The molecule has 1 rings (SSSR count). The highest BCUT2D eigenvalue weighted by molar-refractivity contribution is 7.91. The van der Waals surface area contributed by atoms with Crippen molar-refractivity contribution in [2.45, 2.75) is 18.8 Å². The van der Waals surface area contributed by atoms with Crippen LogP contribution < -0.4 is 5.32 Å². The number of nitrogens with one attached hydrogen (secondary N) is 1. The van der Waals surface area contributed by atoms with E-state index >= 15 is 0 Å². The average molecular weight is 227 g/mol. The Morgan fingerprint density at radius 1 is 1.36 bits per heavy atom. The third-order valence-electron chi connectivity index (χ3n) is 2.56. The van der Waals surface area contributed by atoms with Crippen LogP contribution in [0.5, 0.6) is 0 Å². The van der Waals surface area contributed by atoms with Crippen molar-refractivity contribution in [3.63, 3.8) is 0 Å². The Balaban J connectivity index is 2.57. The molecule has 1 aliphatic rings. The van der Waals surface area contributed by atoms with Gasteiger partial charge < -0.3 is 5.32 Å². The summed E-state index contributed by atoms with van der Waals surface area (Å²) < 4.78 is 48.6. The highest BCUT2D eigenvalue weighted by Gasteiger charge is 2.41. The zero-order valence-electron chi connectivity index (χ0n) is 8.09. The first-order valence-corrected chi connectivity index (χ1v) is 6.42. The van der Waals surface area contributed by atoms with Crippen LogP contribution >= 0.6 is 0 Å². The third kappa shape index (κ3) is 2.88. The molecule has 0 spiro atoms. The molecule has 0 aliphatic carbocycles. The average Bonchev–Trinajstić information content (AvgIpc) is 2.03. The number of hydrogen-bond acceptors (Lipinski definition) is 3. The van der Waals surface area contributed by atoms with E-state index in [1.54, 1.807) is 0 Å². The van der Waals surface area contributed by atoms with Crippen molar-refractivity contribution < 1.29 is 17.2 Å². The number of halogens is 2. The zero-order valence-corrected chi connectivity index (χ0v) is 8.91. The van der Waals surface area contributed by atoms with Gasteiger partial charge in [0, 0.05) is 5.92 Å². The molecule has 0 atom stereocenters. The van der Waals surface area contributed by atoms with Crippen molar-refractivity contribution in [3.8, 4) is 0 Å². The van der Waals surface area contributed by atoms with Crippen LogP contribution in [-0.4, -0.2) is 39.4 Å². The summed E-state index contributed by atoms with van der Waals surface area (Å²) in [6.07, 6.45) is 0.161. The SMILES string of the molecule is CNCC(F)(F)C1CCS(=O)(=O)CC1. The standard InChI is InChI=1S/C8H15F2NO2S/c1-11-6-8(9,10)7-2-4-14(12,13)5-3-7/h7,11H,2-6H2,1H3. The van der Waals surface area contributed by atoms with Gasteiger partial charge >= 0.3 is 0 Å². The lowest BCUT2D eigenvalue weighted by Crippen LogP contribution is -2.42. The molecule has 3 nitrogen and oxygen atoms in total. The smallest absolute Gasteiger partial charge is 0.263 e. The topological polar surface area (TPSA) is 46.2 Å². The van der Waals surface area contributed by atoms with Crippen molar-refractivity contribution in [2.75, 3.05) is 25.1 Å². The summed E-state index contributed by atoms with van der Waals surface area (Å²) in [5.41, 5.74) is 0. The molecule has 0 aromatic rings. The van der Waals surface area contributed by atoms with Crippen molar-refractivity contribution in [3.05, 3.63) is 0 Å². The van der Waals surface area contributed by atoms with Crippen molar-refractivity contribution in [1.82, 2.24) is 5.32 Å². The van der Waals surface area contributed by atoms with Gasteiger partial charge in [0.05, 0.1) is 18.1 Å². The zero-order chi connectivity index (χ0) is 10.8. The summed E-state index contributed by atoms with van der Waals surface area (Å²) >= 11 is 0. The summed E-state index contributed by atoms with van der Waals surface area (Å²) in [6, 6.07) is 0. The van der Waals surface area contributed by atoms with Crippen molar-refractivity contribution in [2.24, 2.45) is 5.92 Å². The molecular weight excluding hydrogens is 212 g/mol. The fourth-order valence-corrected chi connectivity index (χ4v) is 3.18. The first-order valence-electron chi connectivity index (χ1n) is 4.60. The van der Waals surface area contributed by atoms with Gasteiger partial charge in [0.25, 0.3) is 5.92 Å². The van der Waals surface area contributed by atoms with Gasteiger partial charge in [-0.05, 0) is 19.9 Å². The Labute approximate surface area is 82.8 Å². The molecule has 0 bridgehead atoms. The van der Waals surface area contributed by atoms with E-state index in [0.29, 0.717) is 0 Å². The highest BCUT2D eigenvalue weighted by atomic mass is 32.2. The molecule has 0 radical (unpaired) electrons. The number of hydrogen-bond donors (Lipinski definition) is 1. The van der Waals surface area contributed by atoms with Crippen molar-refractivity contribution >= 4 is 9.84 Å². The second kappa shape index (κ2) is 4.10. The lowest BCUT2D eigenvalue weighted by molar-refractivity contribution is -0.0578. The minimum atomic E-state index is -3.04. The van der Waals surface area contributed by atoms with Crippen molar-refractivity contribution in [1.29, 1.82) is 0 Å². The van der Waals surface area contributed by atoms with Crippen LogP contribution in [-0.2, 0) is 9.84 Å². The third-order valence-corrected chi connectivity index (χ3v) is 4.28. The summed E-state index contributed by atoms with van der Waals surface area (Å²) in [5.74, 6) is -3.78. The summed E-state index contributed by atoms with van der Waals surface area (Å²) in [4.78, 5) is 0. The second-order valence-electron chi connectivity index (χ2n) is 3.72. The fourth-order valence-electron chi connectivity index (χ4n) is 1.69. The highest BCUT2D eigenvalue weighted by Crippen LogP contribution is 2.33. The van der Waals surface area contributed by atoms with Gasteiger partial charge in [0.2, 0.25) is 0 Å². The maximum absolute atomic E-state index is 13.3. The molecule has 1 aliphatic heterocycles. The van der Waals surface area contributed by atoms with E-state index in [1.165, 1.54) is 7.05 Å². The number of alkyl halides is 2. The summed E-state index contributed by atoms with van der Waals surface area (Å²) in [7, 11) is -1.58. The summed E-state index contributed by atoms with van der Waals surface area (Å²) in [6.45, 7) is -0.377. The Morgan fingerprint density at radius 2 is 1.86 bits per heavy atom. The van der Waals surface area contributed by atoms with E-state index in [-0.39, 0.29) is 30.9 Å². The fraction of sp³-hybridized carbons (Fsp3) is 1.00. The minimum Gasteiger partial charge on any atom is -0.314 e. The Bertz CT molecular complexity index is 276. The maximum Gasteiger partial charge on any atom is 0.263 e. The number of sulfone groups is 1. The maximum atomic E-state index is 13.3. The minimum absolute atomic E-state index is 0.0804. The molecule has 1 saturated heterocycles. The molecule has 14 heavy (non-hydrogen) atoms. The Hall–Kier alpha value is -0.230. The lowest BCUT2D eigenvalue weighted by Gasteiger charge is -2.29. The quantitative estimate of drug-likeness (QED) is 0.770. The lowest BCUT2D eigenvalue weighted by atomic mass is 9.95.